The number of rotatable bonds is 6. The summed E-state index contributed by atoms with van der Waals surface area (Å²) in [7, 11) is 3.87. The van der Waals surface area contributed by atoms with Gasteiger partial charge in [0.05, 0.1) is 18.2 Å². The maximum Gasteiger partial charge on any atom is 0.300 e. The van der Waals surface area contributed by atoms with Crippen LogP contribution in [0.25, 0.3) is 5.76 Å². The van der Waals surface area contributed by atoms with Gasteiger partial charge in [0.15, 0.2) is 0 Å². The normalized spacial score (nSPS) is 17.2. The number of ether oxygens (including phenoxy) is 1. The van der Waals surface area contributed by atoms with Crippen LogP contribution in [0.15, 0.2) is 78.4 Å². The van der Waals surface area contributed by atoms with Gasteiger partial charge in [-0.15, -0.1) is 0 Å². The largest absolute Gasteiger partial charge is 0.507 e. The Labute approximate surface area is 199 Å². The molecule has 3 aromatic rings. The number of carbonyl (C=O) groups excluding carboxylic acids is 2. The van der Waals surface area contributed by atoms with Crippen molar-refractivity contribution in [1.29, 1.82) is 0 Å². The number of Topliss-reactive ketones (excluding diaryl/α,β-unsaturated/α-hetero) is 1. The molecule has 1 fully saturated rings. The van der Waals surface area contributed by atoms with Crippen molar-refractivity contribution in [3.63, 3.8) is 0 Å². The fourth-order valence-electron chi connectivity index (χ4n) is 4.23. The second-order valence-electron chi connectivity index (χ2n) is 8.40. The van der Waals surface area contributed by atoms with Gasteiger partial charge in [-0.3, -0.25) is 14.5 Å². The highest BCUT2D eigenvalue weighted by atomic mass is 16.5. The zero-order valence-corrected chi connectivity index (χ0v) is 19.8. The fourth-order valence-corrected chi connectivity index (χ4v) is 4.23. The minimum absolute atomic E-state index is 0.0662. The molecule has 4 rings (SSSR count). The molecule has 0 radical (unpaired) electrons. The Morgan fingerprint density at radius 1 is 1.00 bits per heavy atom. The molecule has 1 aliphatic rings. The molecule has 174 valence electrons. The maximum absolute atomic E-state index is 13.3. The molecule has 1 unspecified atom stereocenters. The predicted molar refractivity (Wildman–Crippen MR) is 134 cm³/mol. The van der Waals surface area contributed by atoms with E-state index in [1.165, 1.54) is 4.90 Å². The summed E-state index contributed by atoms with van der Waals surface area (Å²) in [4.78, 5) is 30.0. The third kappa shape index (κ3) is 4.15. The lowest BCUT2D eigenvalue weighted by Crippen LogP contribution is -2.29. The number of ketones is 1. The van der Waals surface area contributed by atoms with E-state index in [9.17, 15) is 14.7 Å². The van der Waals surface area contributed by atoms with Gasteiger partial charge < -0.3 is 14.7 Å². The highest BCUT2D eigenvalue weighted by molar-refractivity contribution is 6.51. The van der Waals surface area contributed by atoms with Crippen LogP contribution < -0.4 is 14.5 Å². The van der Waals surface area contributed by atoms with Gasteiger partial charge in [-0.2, -0.15) is 0 Å². The van der Waals surface area contributed by atoms with Gasteiger partial charge in [0.1, 0.15) is 11.5 Å². The second-order valence-corrected chi connectivity index (χ2v) is 8.40. The molecular weight excluding hydrogens is 428 g/mol. The first kappa shape index (κ1) is 23.1. The van der Waals surface area contributed by atoms with Gasteiger partial charge >= 0.3 is 0 Å². The quantitative estimate of drug-likeness (QED) is 0.318. The van der Waals surface area contributed by atoms with Crippen molar-refractivity contribution in [2.45, 2.75) is 19.9 Å². The van der Waals surface area contributed by atoms with E-state index in [4.69, 9.17) is 4.74 Å². The Balaban J connectivity index is 1.87. The summed E-state index contributed by atoms with van der Waals surface area (Å²) < 4.78 is 5.60. The van der Waals surface area contributed by atoms with E-state index in [-0.39, 0.29) is 11.3 Å². The summed E-state index contributed by atoms with van der Waals surface area (Å²) in [5, 5.41) is 11.3. The summed E-state index contributed by atoms with van der Waals surface area (Å²) in [6.07, 6.45) is 0. The molecule has 3 aromatic carbocycles. The van der Waals surface area contributed by atoms with Crippen molar-refractivity contribution in [3.8, 4) is 5.75 Å². The molecule has 0 spiro atoms. The van der Waals surface area contributed by atoms with Gasteiger partial charge in [0, 0.05) is 31.0 Å². The first-order valence-corrected chi connectivity index (χ1v) is 11.2. The number of amides is 1. The Kier molecular flexibility index (Phi) is 6.41. The van der Waals surface area contributed by atoms with Crippen molar-refractivity contribution >= 4 is 28.8 Å². The fraction of sp³-hybridized carbons (Fsp3) is 0.214. The molecule has 1 N–H and O–H groups in total. The standard InChI is InChI=1S/C28H28N2O4/c1-5-34-23-16-11-20(17-18(23)2)26(31)24-25(19-9-7-6-8-10-19)30(28(33)27(24)32)22-14-12-21(13-15-22)29(3)4/h6-17,25,31H,5H2,1-4H3/b26-24-. The van der Waals surface area contributed by atoms with Crippen molar-refractivity contribution in [3.05, 3.63) is 95.1 Å². The van der Waals surface area contributed by atoms with Crippen LogP contribution in [0, 0.1) is 6.92 Å². The van der Waals surface area contributed by atoms with Crippen LogP contribution in [0.5, 0.6) is 5.75 Å². The third-order valence-electron chi connectivity index (χ3n) is 5.95. The Hall–Kier alpha value is -4.06. The molecule has 1 aliphatic heterocycles. The minimum Gasteiger partial charge on any atom is -0.507 e. The van der Waals surface area contributed by atoms with Crippen LogP contribution in [-0.4, -0.2) is 37.5 Å². The maximum atomic E-state index is 13.3. The van der Waals surface area contributed by atoms with Gasteiger partial charge in [-0.05, 0) is 67.4 Å². The molecule has 1 saturated heterocycles. The molecule has 34 heavy (non-hydrogen) atoms. The molecule has 0 saturated carbocycles. The van der Waals surface area contributed by atoms with E-state index in [0.717, 1.165) is 16.8 Å². The lowest BCUT2D eigenvalue weighted by molar-refractivity contribution is -0.132. The Bertz CT molecular complexity index is 1250. The zero-order valence-electron chi connectivity index (χ0n) is 19.8. The number of anilines is 2. The van der Waals surface area contributed by atoms with Crippen LogP contribution in [0.1, 0.15) is 29.7 Å². The number of hydrogen-bond acceptors (Lipinski definition) is 5. The van der Waals surface area contributed by atoms with E-state index in [1.807, 2.05) is 87.4 Å². The molecule has 6 nitrogen and oxygen atoms in total. The van der Waals surface area contributed by atoms with E-state index >= 15 is 0 Å². The average Bonchev–Trinajstić information content (AvgIpc) is 3.11. The number of aliphatic hydroxyl groups is 1. The Morgan fingerprint density at radius 3 is 2.26 bits per heavy atom. The zero-order chi connectivity index (χ0) is 24.4. The number of carbonyl (C=O) groups is 2. The first-order valence-electron chi connectivity index (χ1n) is 11.2. The van der Waals surface area contributed by atoms with E-state index < -0.39 is 17.7 Å². The van der Waals surface area contributed by atoms with E-state index in [0.29, 0.717) is 23.6 Å². The van der Waals surface area contributed by atoms with Crippen molar-refractivity contribution < 1.29 is 19.4 Å². The summed E-state index contributed by atoms with van der Waals surface area (Å²) in [6, 6.07) is 21.2. The van der Waals surface area contributed by atoms with E-state index in [1.54, 1.807) is 18.2 Å². The molecule has 1 heterocycles. The predicted octanol–water partition coefficient (Wildman–Crippen LogP) is 5.09. The van der Waals surface area contributed by atoms with E-state index in [2.05, 4.69) is 0 Å². The molecule has 6 heteroatoms. The van der Waals surface area contributed by atoms with Crippen LogP contribution in [-0.2, 0) is 9.59 Å². The average molecular weight is 457 g/mol. The molecule has 1 amide bonds. The summed E-state index contributed by atoms with van der Waals surface area (Å²) >= 11 is 0. The number of aryl methyl sites for hydroxylation is 1. The highest BCUT2D eigenvalue weighted by Crippen LogP contribution is 2.42. The monoisotopic (exact) mass is 456 g/mol. The van der Waals surface area contributed by atoms with Crippen LogP contribution in [0.3, 0.4) is 0 Å². The summed E-state index contributed by atoms with van der Waals surface area (Å²) in [5.74, 6) is -0.879. The lowest BCUT2D eigenvalue weighted by atomic mass is 9.94. The molecule has 0 bridgehead atoms. The molecular formula is C28H28N2O4. The minimum atomic E-state index is -0.752. The number of nitrogens with zero attached hydrogens (tertiary/aromatic N) is 2. The topological polar surface area (TPSA) is 70.1 Å². The lowest BCUT2D eigenvalue weighted by Gasteiger charge is -2.26. The van der Waals surface area contributed by atoms with Gasteiger partial charge in [0.25, 0.3) is 11.7 Å². The highest BCUT2D eigenvalue weighted by Gasteiger charge is 2.46. The summed E-state index contributed by atoms with van der Waals surface area (Å²) in [6.45, 7) is 4.30. The first-order chi connectivity index (χ1) is 16.3. The second kappa shape index (κ2) is 9.43. The van der Waals surface area contributed by atoms with Gasteiger partial charge in [-0.1, -0.05) is 30.3 Å². The Morgan fingerprint density at radius 2 is 1.68 bits per heavy atom. The summed E-state index contributed by atoms with van der Waals surface area (Å²) in [5.41, 5.74) is 3.66. The van der Waals surface area contributed by atoms with Gasteiger partial charge in [0.2, 0.25) is 0 Å². The van der Waals surface area contributed by atoms with Crippen molar-refractivity contribution in [2.75, 3.05) is 30.5 Å². The molecule has 0 aromatic heterocycles. The molecule has 0 aliphatic carbocycles. The molecule has 1 atom stereocenters. The van der Waals surface area contributed by atoms with Crippen LogP contribution in [0.2, 0.25) is 0 Å². The van der Waals surface area contributed by atoms with Crippen LogP contribution in [0.4, 0.5) is 11.4 Å². The van der Waals surface area contributed by atoms with Crippen molar-refractivity contribution in [2.24, 2.45) is 0 Å². The SMILES string of the molecule is CCOc1ccc(/C(O)=C2/C(=O)C(=O)N(c3ccc(N(C)C)cc3)C2c2ccccc2)cc1C. The van der Waals surface area contributed by atoms with Crippen LogP contribution >= 0.6 is 0 Å². The third-order valence-corrected chi connectivity index (χ3v) is 5.95. The number of benzene rings is 3. The smallest absolute Gasteiger partial charge is 0.300 e. The number of hydrogen-bond donors (Lipinski definition) is 1. The number of aliphatic hydroxyl groups excluding tert-OH is 1. The van der Waals surface area contributed by atoms with Crippen molar-refractivity contribution in [1.82, 2.24) is 0 Å². The van der Waals surface area contributed by atoms with Gasteiger partial charge in [-0.25, -0.2) is 0 Å².